The van der Waals surface area contributed by atoms with Crippen LogP contribution in [0.2, 0.25) is 10.0 Å². The van der Waals surface area contributed by atoms with Crippen LogP contribution in [0.15, 0.2) is 16.6 Å². The lowest BCUT2D eigenvalue weighted by Gasteiger charge is -2.09. The van der Waals surface area contributed by atoms with E-state index in [2.05, 4.69) is 21.2 Å². The van der Waals surface area contributed by atoms with Gasteiger partial charge in [-0.3, -0.25) is 4.79 Å². The van der Waals surface area contributed by atoms with Crippen LogP contribution >= 0.6 is 39.1 Å². The van der Waals surface area contributed by atoms with Gasteiger partial charge in [-0.1, -0.05) is 23.2 Å². The van der Waals surface area contributed by atoms with Crippen LogP contribution in [-0.4, -0.2) is 17.1 Å². The predicted molar refractivity (Wildman–Crippen MR) is 73.7 cm³/mol. The van der Waals surface area contributed by atoms with E-state index in [9.17, 15) is 4.79 Å². The van der Waals surface area contributed by atoms with Crippen molar-refractivity contribution in [2.45, 2.75) is 25.9 Å². The Kier molecular flexibility index (Phi) is 5.73. The Hall–Kier alpha value is -0.290. The first kappa shape index (κ1) is 14.8. The van der Waals surface area contributed by atoms with E-state index in [1.165, 1.54) is 0 Å². The van der Waals surface area contributed by atoms with E-state index in [4.69, 9.17) is 28.3 Å². The molecule has 1 aromatic rings. The molecular weight excluding hydrogens is 329 g/mol. The van der Waals surface area contributed by atoms with Crippen LogP contribution in [0.25, 0.3) is 0 Å². The largest absolute Gasteiger partial charge is 0.393 e. The molecule has 6 heteroatoms. The number of nitrogens with one attached hydrogen (secondary N) is 1. The third-order valence-electron chi connectivity index (χ3n) is 2.10. The molecule has 0 radical (unpaired) electrons. The number of rotatable bonds is 4. The van der Waals surface area contributed by atoms with Crippen molar-refractivity contribution < 1.29 is 9.90 Å². The van der Waals surface area contributed by atoms with Crippen molar-refractivity contribution in [1.82, 2.24) is 0 Å². The van der Waals surface area contributed by atoms with E-state index in [1.54, 1.807) is 19.1 Å². The standard InChI is InChI=1S/C11H12BrCl2NO2/c1-6(16)2-5-9(17)15-8-4-3-7(12)10(13)11(8)14/h3-4,6,16H,2,5H2,1H3,(H,15,17). The van der Waals surface area contributed by atoms with Crippen LogP contribution in [0, 0.1) is 0 Å². The lowest BCUT2D eigenvalue weighted by Crippen LogP contribution is -2.14. The van der Waals surface area contributed by atoms with Crippen molar-refractivity contribution in [2.75, 3.05) is 5.32 Å². The summed E-state index contributed by atoms with van der Waals surface area (Å²) < 4.78 is 0.672. The highest BCUT2D eigenvalue weighted by molar-refractivity contribution is 9.10. The van der Waals surface area contributed by atoms with Crippen molar-refractivity contribution in [3.63, 3.8) is 0 Å². The fourth-order valence-corrected chi connectivity index (χ4v) is 2.00. The van der Waals surface area contributed by atoms with Gasteiger partial charge in [0.05, 0.1) is 21.8 Å². The van der Waals surface area contributed by atoms with E-state index >= 15 is 0 Å². The van der Waals surface area contributed by atoms with E-state index < -0.39 is 6.10 Å². The first-order valence-electron chi connectivity index (χ1n) is 5.03. The molecule has 0 heterocycles. The Morgan fingerprint density at radius 3 is 2.71 bits per heavy atom. The van der Waals surface area contributed by atoms with Crippen molar-refractivity contribution in [3.05, 3.63) is 26.7 Å². The molecule has 1 unspecified atom stereocenters. The average molecular weight is 341 g/mol. The maximum atomic E-state index is 11.5. The Bertz CT molecular complexity index is 424. The first-order valence-corrected chi connectivity index (χ1v) is 6.58. The molecule has 0 aliphatic heterocycles. The van der Waals surface area contributed by atoms with E-state index in [-0.39, 0.29) is 12.3 Å². The highest BCUT2D eigenvalue weighted by Gasteiger charge is 2.11. The molecule has 0 aliphatic carbocycles. The zero-order valence-corrected chi connectivity index (χ0v) is 12.2. The van der Waals surface area contributed by atoms with Gasteiger partial charge in [0, 0.05) is 10.9 Å². The summed E-state index contributed by atoms with van der Waals surface area (Å²) in [5, 5.41) is 12.4. The molecule has 0 aliphatic rings. The van der Waals surface area contributed by atoms with Gasteiger partial charge in [0.25, 0.3) is 0 Å². The summed E-state index contributed by atoms with van der Waals surface area (Å²) in [5.74, 6) is -0.203. The molecule has 0 fully saturated rings. The number of halogens is 3. The molecule has 2 N–H and O–H groups in total. The molecule has 1 aromatic carbocycles. The predicted octanol–water partition coefficient (Wildman–Crippen LogP) is 3.86. The van der Waals surface area contributed by atoms with Crippen LogP contribution in [0.5, 0.6) is 0 Å². The van der Waals surface area contributed by atoms with Gasteiger partial charge in [-0.2, -0.15) is 0 Å². The number of benzene rings is 1. The van der Waals surface area contributed by atoms with Gasteiger partial charge in [0.2, 0.25) is 5.91 Å². The van der Waals surface area contributed by atoms with Crippen molar-refractivity contribution >= 4 is 50.7 Å². The highest BCUT2D eigenvalue weighted by atomic mass is 79.9. The monoisotopic (exact) mass is 339 g/mol. The van der Waals surface area contributed by atoms with Gasteiger partial charge < -0.3 is 10.4 Å². The smallest absolute Gasteiger partial charge is 0.224 e. The van der Waals surface area contributed by atoms with Gasteiger partial charge in [-0.05, 0) is 41.4 Å². The molecule has 17 heavy (non-hydrogen) atoms. The summed E-state index contributed by atoms with van der Waals surface area (Å²) in [6.07, 6.45) is 0.153. The second-order valence-electron chi connectivity index (χ2n) is 3.66. The minimum absolute atomic E-state index is 0.203. The number of aliphatic hydroxyl groups excluding tert-OH is 1. The fraction of sp³-hybridized carbons (Fsp3) is 0.364. The minimum atomic E-state index is -0.496. The maximum Gasteiger partial charge on any atom is 0.224 e. The summed E-state index contributed by atoms with van der Waals surface area (Å²) in [6, 6.07) is 3.37. The normalized spacial score (nSPS) is 12.3. The summed E-state index contributed by atoms with van der Waals surface area (Å²) in [6.45, 7) is 1.64. The summed E-state index contributed by atoms with van der Waals surface area (Å²) >= 11 is 15.1. The second-order valence-corrected chi connectivity index (χ2v) is 5.27. The quantitative estimate of drug-likeness (QED) is 0.818. The lowest BCUT2D eigenvalue weighted by atomic mass is 10.2. The molecule has 1 rings (SSSR count). The van der Waals surface area contributed by atoms with Gasteiger partial charge in [-0.25, -0.2) is 0 Å². The first-order chi connectivity index (χ1) is 7.91. The Morgan fingerprint density at radius 1 is 1.47 bits per heavy atom. The zero-order valence-electron chi connectivity index (χ0n) is 9.14. The third-order valence-corrected chi connectivity index (χ3v) is 3.87. The van der Waals surface area contributed by atoms with Crippen LogP contribution in [0.4, 0.5) is 5.69 Å². The van der Waals surface area contributed by atoms with E-state index in [1.807, 2.05) is 0 Å². The maximum absolute atomic E-state index is 11.5. The van der Waals surface area contributed by atoms with Crippen LogP contribution in [-0.2, 0) is 4.79 Å². The third kappa shape index (κ3) is 4.47. The zero-order chi connectivity index (χ0) is 13.0. The highest BCUT2D eigenvalue weighted by Crippen LogP contribution is 2.35. The number of carbonyl (C=O) groups excluding carboxylic acids is 1. The Balaban J connectivity index is 2.69. The molecule has 0 spiro atoms. The van der Waals surface area contributed by atoms with Crippen LogP contribution in [0.3, 0.4) is 0 Å². The molecule has 0 saturated carbocycles. The number of aliphatic hydroxyl groups is 1. The molecule has 3 nitrogen and oxygen atoms in total. The number of hydrogen-bond acceptors (Lipinski definition) is 2. The Labute approximate surface area is 118 Å². The van der Waals surface area contributed by atoms with Crippen molar-refractivity contribution in [2.24, 2.45) is 0 Å². The SMILES string of the molecule is CC(O)CCC(=O)Nc1ccc(Br)c(Cl)c1Cl. The lowest BCUT2D eigenvalue weighted by molar-refractivity contribution is -0.116. The van der Waals surface area contributed by atoms with Crippen molar-refractivity contribution in [1.29, 1.82) is 0 Å². The molecule has 0 bridgehead atoms. The number of amides is 1. The summed E-state index contributed by atoms with van der Waals surface area (Å²) in [7, 11) is 0. The molecule has 0 saturated heterocycles. The molecule has 1 amide bonds. The number of carbonyl (C=O) groups is 1. The second kappa shape index (κ2) is 6.59. The van der Waals surface area contributed by atoms with Crippen LogP contribution in [0.1, 0.15) is 19.8 Å². The van der Waals surface area contributed by atoms with Gasteiger partial charge >= 0.3 is 0 Å². The fourth-order valence-electron chi connectivity index (χ4n) is 1.18. The van der Waals surface area contributed by atoms with Gasteiger partial charge in [0.15, 0.2) is 0 Å². The Morgan fingerprint density at radius 2 is 2.12 bits per heavy atom. The molecular formula is C11H12BrCl2NO2. The average Bonchev–Trinajstić information content (AvgIpc) is 2.27. The number of hydrogen-bond donors (Lipinski definition) is 2. The molecule has 0 aromatic heterocycles. The van der Waals surface area contributed by atoms with Gasteiger partial charge in [0.1, 0.15) is 0 Å². The molecule has 1 atom stereocenters. The summed E-state index contributed by atoms with van der Waals surface area (Å²) in [5.41, 5.74) is 0.468. The van der Waals surface area contributed by atoms with Crippen molar-refractivity contribution in [3.8, 4) is 0 Å². The minimum Gasteiger partial charge on any atom is -0.393 e. The topological polar surface area (TPSA) is 49.3 Å². The number of anilines is 1. The summed E-state index contributed by atoms with van der Waals surface area (Å²) in [4.78, 5) is 11.5. The van der Waals surface area contributed by atoms with E-state index in [0.717, 1.165) is 0 Å². The van der Waals surface area contributed by atoms with Gasteiger partial charge in [-0.15, -0.1) is 0 Å². The molecule has 94 valence electrons. The van der Waals surface area contributed by atoms with Crippen LogP contribution < -0.4 is 5.32 Å². The van der Waals surface area contributed by atoms with E-state index in [0.29, 0.717) is 26.6 Å².